The van der Waals surface area contributed by atoms with E-state index in [1.807, 2.05) is 13.0 Å². The van der Waals surface area contributed by atoms with Gasteiger partial charge in [-0.2, -0.15) is 0 Å². The quantitative estimate of drug-likeness (QED) is 0.751. The van der Waals surface area contributed by atoms with Crippen LogP contribution in [0.2, 0.25) is 0 Å². The molecular weight excluding hydrogens is 186 g/mol. The van der Waals surface area contributed by atoms with Gasteiger partial charge in [0, 0.05) is 18.8 Å². The average molecular weight is 207 g/mol. The Labute approximate surface area is 92.3 Å². The number of nitrogens with one attached hydrogen (secondary N) is 1. The Morgan fingerprint density at radius 1 is 1.33 bits per heavy atom. The second kappa shape index (κ2) is 6.46. The van der Waals surface area contributed by atoms with Crippen molar-refractivity contribution in [2.45, 2.75) is 26.7 Å². The number of hydrogen-bond acceptors (Lipinski definition) is 2. The fourth-order valence-corrected chi connectivity index (χ4v) is 1.53. The molecule has 0 fully saturated rings. The molecule has 0 saturated carbocycles. The fraction of sp³-hybridized carbons (Fsp3) is 0.538. The van der Waals surface area contributed by atoms with Crippen molar-refractivity contribution < 1.29 is 5.11 Å². The smallest absolute Gasteiger partial charge is 0.0473 e. The van der Waals surface area contributed by atoms with E-state index in [0.717, 1.165) is 19.4 Å². The van der Waals surface area contributed by atoms with Gasteiger partial charge in [0.2, 0.25) is 0 Å². The molecule has 1 aromatic rings. The number of aliphatic hydroxyl groups is 1. The maximum Gasteiger partial charge on any atom is 0.0473 e. The van der Waals surface area contributed by atoms with Gasteiger partial charge in [-0.05, 0) is 24.0 Å². The highest BCUT2D eigenvalue weighted by molar-refractivity contribution is 5.51. The third-order valence-electron chi connectivity index (χ3n) is 2.49. The zero-order valence-corrected chi connectivity index (χ0v) is 9.66. The van der Waals surface area contributed by atoms with E-state index in [-0.39, 0.29) is 6.61 Å². The van der Waals surface area contributed by atoms with E-state index in [1.165, 1.54) is 11.3 Å². The summed E-state index contributed by atoms with van der Waals surface area (Å²) in [6, 6.07) is 8.39. The topological polar surface area (TPSA) is 32.3 Å². The van der Waals surface area contributed by atoms with Crippen molar-refractivity contribution in [1.82, 2.24) is 0 Å². The second-order valence-corrected chi connectivity index (χ2v) is 4.08. The van der Waals surface area contributed by atoms with Crippen LogP contribution in [0.25, 0.3) is 0 Å². The number of anilines is 1. The molecule has 1 aromatic carbocycles. The molecule has 0 aliphatic rings. The van der Waals surface area contributed by atoms with Gasteiger partial charge in [-0.25, -0.2) is 0 Å². The molecule has 1 atom stereocenters. The Kier molecular flexibility index (Phi) is 5.19. The predicted octanol–water partition coefficient (Wildman–Crippen LogP) is 2.68. The van der Waals surface area contributed by atoms with Gasteiger partial charge in [-0.15, -0.1) is 0 Å². The first-order chi connectivity index (χ1) is 7.27. The number of hydrogen-bond donors (Lipinski definition) is 2. The Balaban J connectivity index is 2.58. The summed E-state index contributed by atoms with van der Waals surface area (Å²) >= 11 is 0. The van der Waals surface area contributed by atoms with E-state index in [2.05, 4.69) is 30.4 Å². The molecule has 0 heterocycles. The average Bonchev–Trinajstić information content (AvgIpc) is 2.28. The third kappa shape index (κ3) is 3.92. The molecular formula is C13H21NO. The summed E-state index contributed by atoms with van der Waals surface area (Å²) in [4.78, 5) is 0. The van der Waals surface area contributed by atoms with Crippen LogP contribution in [0.5, 0.6) is 0 Å². The summed E-state index contributed by atoms with van der Waals surface area (Å²) in [7, 11) is 0. The Morgan fingerprint density at radius 2 is 2.07 bits per heavy atom. The van der Waals surface area contributed by atoms with E-state index >= 15 is 0 Å². The Morgan fingerprint density at radius 3 is 2.73 bits per heavy atom. The minimum absolute atomic E-state index is 0.239. The first-order valence-electron chi connectivity index (χ1n) is 5.70. The highest BCUT2D eigenvalue weighted by Gasteiger charge is 2.02. The van der Waals surface area contributed by atoms with E-state index in [4.69, 9.17) is 5.11 Å². The maximum atomic E-state index is 8.95. The first-order valence-corrected chi connectivity index (χ1v) is 5.70. The highest BCUT2D eigenvalue weighted by Crippen LogP contribution is 2.16. The van der Waals surface area contributed by atoms with Crippen LogP contribution in [0.15, 0.2) is 24.3 Å². The summed E-state index contributed by atoms with van der Waals surface area (Å²) in [6.07, 6.45) is 2.27. The van der Waals surface area contributed by atoms with Crippen molar-refractivity contribution >= 4 is 5.69 Å². The van der Waals surface area contributed by atoms with E-state index in [9.17, 15) is 0 Å². The molecule has 15 heavy (non-hydrogen) atoms. The van der Waals surface area contributed by atoms with Crippen molar-refractivity contribution in [1.29, 1.82) is 0 Å². The zero-order chi connectivity index (χ0) is 11.1. The number of aliphatic hydroxyl groups excluding tert-OH is 1. The summed E-state index contributed by atoms with van der Waals surface area (Å²) < 4.78 is 0. The molecule has 2 heteroatoms. The molecule has 0 saturated heterocycles. The lowest BCUT2D eigenvalue weighted by atomic mass is 10.1. The van der Waals surface area contributed by atoms with Crippen molar-refractivity contribution in [3.05, 3.63) is 29.8 Å². The lowest BCUT2D eigenvalue weighted by molar-refractivity contribution is 0.244. The van der Waals surface area contributed by atoms with Gasteiger partial charge in [0.15, 0.2) is 0 Å². The van der Waals surface area contributed by atoms with Crippen molar-refractivity contribution in [2.75, 3.05) is 18.5 Å². The molecule has 0 bridgehead atoms. The van der Waals surface area contributed by atoms with Crippen molar-refractivity contribution in [2.24, 2.45) is 5.92 Å². The van der Waals surface area contributed by atoms with Crippen LogP contribution in [0.1, 0.15) is 25.8 Å². The third-order valence-corrected chi connectivity index (χ3v) is 2.49. The van der Waals surface area contributed by atoms with Crippen molar-refractivity contribution in [3.8, 4) is 0 Å². The van der Waals surface area contributed by atoms with Gasteiger partial charge < -0.3 is 10.4 Å². The molecule has 0 aromatic heterocycles. The lowest BCUT2D eigenvalue weighted by Gasteiger charge is -2.14. The molecule has 84 valence electrons. The largest absolute Gasteiger partial charge is 0.396 e. The minimum Gasteiger partial charge on any atom is -0.396 e. The van der Waals surface area contributed by atoms with Crippen LogP contribution in [-0.4, -0.2) is 18.3 Å². The van der Waals surface area contributed by atoms with Gasteiger partial charge in [-0.3, -0.25) is 0 Å². The van der Waals surface area contributed by atoms with Crippen LogP contribution >= 0.6 is 0 Å². The molecule has 0 aliphatic carbocycles. The normalized spacial score (nSPS) is 12.5. The zero-order valence-electron chi connectivity index (χ0n) is 9.66. The van der Waals surface area contributed by atoms with E-state index < -0.39 is 0 Å². The molecule has 0 aliphatic heterocycles. The predicted molar refractivity (Wildman–Crippen MR) is 65.2 cm³/mol. The number of rotatable bonds is 6. The van der Waals surface area contributed by atoms with Gasteiger partial charge in [0.25, 0.3) is 0 Å². The van der Waals surface area contributed by atoms with Crippen LogP contribution in [0.4, 0.5) is 5.69 Å². The van der Waals surface area contributed by atoms with E-state index in [0.29, 0.717) is 5.92 Å². The van der Waals surface area contributed by atoms with Crippen LogP contribution in [0, 0.1) is 5.92 Å². The van der Waals surface area contributed by atoms with Crippen LogP contribution in [-0.2, 0) is 6.42 Å². The van der Waals surface area contributed by atoms with Gasteiger partial charge >= 0.3 is 0 Å². The number of benzene rings is 1. The highest BCUT2D eigenvalue weighted by atomic mass is 16.3. The molecule has 2 N–H and O–H groups in total. The summed E-state index contributed by atoms with van der Waals surface area (Å²) in [5.74, 6) is 0.305. The minimum atomic E-state index is 0.239. The SMILES string of the molecule is CCCc1ccccc1NCC(C)CO. The van der Waals surface area contributed by atoms with Gasteiger partial charge in [0.05, 0.1) is 0 Å². The summed E-state index contributed by atoms with van der Waals surface area (Å²) in [5, 5.41) is 12.3. The summed E-state index contributed by atoms with van der Waals surface area (Å²) in [6.45, 7) is 5.29. The second-order valence-electron chi connectivity index (χ2n) is 4.08. The van der Waals surface area contributed by atoms with E-state index in [1.54, 1.807) is 0 Å². The molecule has 1 rings (SSSR count). The fourth-order valence-electron chi connectivity index (χ4n) is 1.53. The van der Waals surface area contributed by atoms with Crippen LogP contribution in [0.3, 0.4) is 0 Å². The lowest BCUT2D eigenvalue weighted by Crippen LogP contribution is -2.15. The number of para-hydroxylation sites is 1. The Hall–Kier alpha value is -1.02. The molecule has 0 amide bonds. The first kappa shape index (κ1) is 12.1. The van der Waals surface area contributed by atoms with Gasteiger partial charge in [0.1, 0.15) is 0 Å². The van der Waals surface area contributed by atoms with Crippen molar-refractivity contribution in [3.63, 3.8) is 0 Å². The summed E-state index contributed by atoms with van der Waals surface area (Å²) in [5.41, 5.74) is 2.57. The molecule has 2 nitrogen and oxygen atoms in total. The number of aryl methyl sites for hydroxylation is 1. The monoisotopic (exact) mass is 207 g/mol. The van der Waals surface area contributed by atoms with Crippen LogP contribution < -0.4 is 5.32 Å². The standard InChI is InChI=1S/C13H21NO/c1-3-6-12-7-4-5-8-13(12)14-9-11(2)10-15/h4-5,7-8,11,14-15H,3,6,9-10H2,1-2H3. The molecule has 1 unspecified atom stereocenters. The van der Waals surface area contributed by atoms with Gasteiger partial charge in [-0.1, -0.05) is 38.5 Å². The maximum absolute atomic E-state index is 8.95. The Bertz CT molecular complexity index is 286. The molecule has 0 spiro atoms. The molecule has 0 radical (unpaired) electrons.